The van der Waals surface area contributed by atoms with Crippen LogP contribution in [0, 0.1) is 0 Å². The summed E-state index contributed by atoms with van der Waals surface area (Å²) >= 11 is 0. The molecule has 0 aromatic rings. The van der Waals surface area contributed by atoms with Crippen LogP contribution in [0.25, 0.3) is 0 Å². The van der Waals surface area contributed by atoms with E-state index in [2.05, 4.69) is 25.3 Å². The van der Waals surface area contributed by atoms with Crippen LogP contribution in [-0.4, -0.2) is 35.5 Å². The minimum absolute atomic E-state index is 0.250. The number of ether oxygens (including phenoxy) is 2. The molecule has 3 aliphatic rings. The van der Waals surface area contributed by atoms with Gasteiger partial charge in [-0.2, -0.15) is 0 Å². The Bertz CT molecular complexity index is 325. The van der Waals surface area contributed by atoms with Crippen molar-refractivity contribution in [2.45, 2.75) is 83.8 Å². The Labute approximate surface area is 117 Å². The molecule has 3 fully saturated rings. The zero-order valence-corrected chi connectivity index (χ0v) is 12.9. The second-order valence-corrected chi connectivity index (χ2v) is 6.32. The van der Waals surface area contributed by atoms with Crippen LogP contribution in [0.15, 0.2) is 12.3 Å². The van der Waals surface area contributed by atoms with Gasteiger partial charge in [0.1, 0.15) is 12.2 Å². The lowest BCUT2D eigenvalue weighted by Gasteiger charge is -2.36. The van der Waals surface area contributed by atoms with Gasteiger partial charge < -0.3 is 14.4 Å². The molecule has 19 heavy (non-hydrogen) atoms. The van der Waals surface area contributed by atoms with Gasteiger partial charge >= 0.3 is 0 Å². The number of hydrogen-bond acceptors (Lipinski definition) is 3. The smallest absolute Gasteiger partial charge is 0.163 e. The average Bonchev–Trinajstić information content (AvgIpc) is 2.83. The van der Waals surface area contributed by atoms with Crippen molar-refractivity contribution in [3.05, 3.63) is 12.3 Å². The van der Waals surface area contributed by atoms with Gasteiger partial charge in [-0.05, 0) is 33.1 Å². The third-order valence-electron chi connectivity index (χ3n) is 4.25. The van der Waals surface area contributed by atoms with E-state index in [1.54, 1.807) is 0 Å². The number of fused-ring (bicyclic) bond motifs is 3. The minimum atomic E-state index is -0.389. The first-order valence-corrected chi connectivity index (χ1v) is 7.78. The van der Waals surface area contributed by atoms with Crippen molar-refractivity contribution in [3.63, 3.8) is 0 Å². The van der Waals surface area contributed by atoms with Crippen LogP contribution < -0.4 is 0 Å². The van der Waals surface area contributed by atoms with Gasteiger partial charge in [-0.1, -0.05) is 33.3 Å². The van der Waals surface area contributed by atoms with Gasteiger partial charge in [0.25, 0.3) is 0 Å². The van der Waals surface area contributed by atoms with E-state index >= 15 is 0 Å². The highest BCUT2D eigenvalue weighted by Crippen LogP contribution is 2.42. The highest BCUT2D eigenvalue weighted by Gasteiger charge is 2.53. The van der Waals surface area contributed by atoms with E-state index in [1.165, 1.54) is 31.4 Å². The highest BCUT2D eigenvalue weighted by atomic mass is 16.8. The molecule has 3 heterocycles. The Morgan fingerprint density at radius 2 is 1.95 bits per heavy atom. The fraction of sp³-hybridized carbons (Fsp3) is 0.875. The zero-order chi connectivity index (χ0) is 14.0. The average molecular weight is 267 g/mol. The normalized spacial score (nSPS) is 35.5. The molecule has 0 saturated carbocycles. The lowest BCUT2D eigenvalue weighted by molar-refractivity contribution is -0.161. The maximum Gasteiger partial charge on any atom is 0.163 e. The highest BCUT2D eigenvalue weighted by molar-refractivity contribution is 5.11. The Kier molecular flexibility index (Phi) is 4.57. The van der Waals surface area contributed by atoms with Crippen LogP contribution in [0.2, 0.25) is 0 Å². The molecular weight excluding hydrogens is 238 g/mol. The third-order valence-corrected chi connectivity index (χ3v) is 4.25. The molecule has 0 radical (unpaired) electrons. The molecule has 110 valence electrons. The second-order valence-electron chi connectivity index (χ2n) is 6.32. The number of hydrogen-bond donors (Lipinski definition) is 0. The summed E-state index contributed by atoms with van der Waals surface area (Å²) in [5, 5.41) is 0. The predicted octanol–water partition coefficient (Wildman–Crippen LogP) is 3.69. The Morgan fingerprint density at radius 1 is 1.26 bits per heavy atom. The first kappa shape index (κ1) is 14.9. The van der Waals surface area contributed by atoms with Gasteiger partial charge in [-0.15, -0.1) is 0 Å². The molecule has 3 unspecified atom stereocenters. The maximum absolute atomic E-state index is 5.99. The molecule has 3 atom stereocenters. The largest absolute Gasteiger partial charge is 0.367 e. The van der Waals surface area contributed by atoms with Gasteiger partial charge in [0, 0.05) is 12.2 Å². The molecule has 0 spiro atoms. The van der Waals surface area contributed by atoms with Gasteiger partial charge in [-0.25, -0.2) is 0 Å². The van der Waals surface area contributed by atoms with E-state index in [0.29, 0.717) is 6.04 Å². The first-order chi connectivity index (χ1) is 8.98. The lowest BCUT2D eigenvalue weighted by Crippen LogP contribution is -2.40. The summed E-state index contributed by atoms with van der Waals surface area (Å²) in [4.78, 5) is 2.40. The van der Waals surface area contributed by atoms with Crippen molar-refractivity contribution in [1.29, 1.82) is 0 Å². The Hall–Kier alpha value is -0.540. The van der Waals surface area contributed by atoms with Crippen molar-refractivity contribution < 1.29 is 9.47 Å². The maximum atomic E-state index is 5.99. The van der Waals surface area contributed by atoms with Gasteiger partial charge in [0.05, 0.1) is 6.04 Å². The monoisotopic (exact) mass is 267 g/mol. The summed E-state index contributed by atoms with van der Waals surface area (Å²) in [6.45, 7) is 13.5. The number of rotatable bonds is 1. The molecule has 0 aromatic carbocycles. The number of nitrogens with zero attached hydrogens (tertiary/aromatic N) is 1. The van der Waals surface area contributed by atoms with E-state index in [9.17, 15) is 0 Å². The minimum Gasteiger partial charge on any atom is -0.367 e. The molecule has 3 saturated heterocycles. The molecule has 0 bridgehead atoms. The first-order valence-electron chi connectivity index (χ1n) is 7.78. The number of piperidine rings is 1. The molecule has 3 nitrogen and oxygen atoms in total. The Morgan fingerprint density at radius 3 is 2.58 bits per heavy atom. The summed E-state index contributed by atoms with van der Waals surface area (Å²) in [6.07, 6.45) is 6.75. The fourth-order valence-electron chi connectivity index (χ4n) is 3.18. The van der Waals surface area contributed by atoms with E-state index in [0.717, 1.165) is 13.0 Å². The van der Waals surface area contributed by atoms with Crippen LogP contribution >= 0.6 is 0 Å². The van der Waals surface area contributed by atoms with Crippen LogP contribution in [0.5, 0.6) is 0 Å². The molecule has 0 aliphatic carbocycles. The predicted molar refractivity (Wildman–Crippen MR) is 77.9 cm³/mol. The molecule has 0 aromatic heterocycles. The van der Waals surface area contributed by atoms with Crippen molar-refractivity contribution in [2.75, 3.05) is 6.54 Å². The van der Waals surface area contributed by atoms with Crippen LogP contribution in [0.4, 0.5) is 0 Å². The van der Waals surface area contributed by atoms with E-state index in [1.807, 2.05) is 13.8 Å². The molecule has 0 N–H and O–H groups in total. The zero-order valence-electron chi connectivity index (χ0n) is 12.9. The molecule has 0 amide bonds. The molecule has 3 aliphatic heterocycles. The van der Waals surface area contributed by atoms with E-state index < -0.39 is 0 Å². The second kappa shape index (κ2) is 5.84. The summed E-state index contributed by atoms with van der Waals surface area (Å²) in [5.41, 5.74) is 1.27. The van der Waals surface area contributed by atoms with Crippen LogP contribution in [0.3, 0.4) is 0 Å². The van der Waals surface area contributed by atoms with Crippen molar-refractivity contribution in [2.24, 2.45) is 0 Å². The lowest BCUT2D eigenvalue weighted by atomic mass is 9.99. The number of allylic oxidation sites excluding steroid dienone is 1. The number of unbranched alkanes of at least 4 members (excludes halogenated alkanes) is 1. The third kappa shape index (κ3) is 3.14. The molecule has 3 rings (SSSR count). The van der Waals surface area contributed by atoms with Gasteiger partial charge in [0.15, 0.2) is 5.79 Å². The summed E-state index contributed by atoms with van der Waals surface area (Å²) in [6, 6.07) is 0.512. The standard InChI is InChI=1S/C12H19NO2.C4H10/c1-8-5-4-6-9-11-10(7-13(8)9)14-12(2,3)15-11;1-3-4-2/h9-11H,1,4-7H2,2-3H3;3-4H2,1-2H3. The quantitative estimate of drug-likeness (QED) is 0.723. The van der Waals surface area contributed by atoms with Crippen molar-refractivity contribution in [1.82, 2.24) is 4.90 Å². The van der Waals surface area contributed by atoms with Crippen LogP contribution in [0.1, 0.15) is 59.8 Å². The summed E-state index contributed by atoms with van der Waals surface area (Å²) in [7, 11) is 0. The topological polar surface area (TPSA) is 21.7 Å². The SMILES string of the molecule is C=C1CCCC2C3OC(C)(C)OC3CN12.CCCC. The Balaban J connectivity index is 0.000000297. The van der Waals surface area contributed by atoms with Gasteiger partial charge in [-0.3, -0.25) is 0 Å². The molecular formula is C16H29NO2. The van der Waals surface area contributed by atoms with Crippen LogP contribution in [-0.2, 0) is 9.47 Å². The van der Waals surface area contributed by atoms with Crippen molar-refractivity contribution >= 4 is 0 Å². The fourth-order valence-corrected chi connectivity index (χ4v) is 3.18. The molecule has 3 heteroatoms. The van der Waals surface area contributed by atoms with E-state index in [4.69, 9.17) is 9.47 Å². The van der Waals surface area contributed by atoms with E-state index in [-0.39, 0.29) is 18.0 Å². The summed E-state index contributed by atoms with van der Waals surface area (Å²) < 4.78 is 11.9. The van der Waals surface area contributed by atoms with Gasteiger partial charge in [0.2, 0.25) is 0 Å². The summed E-state index contributed by atoms with van der Waals surface area (Å²) in [5.74, 6) is -0.389. The van der Waals surface area contributed by atoms with Crippen molar-refractivity contribution in [3.8, 4) is 0 Å².